The van der Waals surface area contributed by atoms with Gasteiger partial charge in [-0.1, -0.05) is 6.07 Å². The van der Waals surface area contributed by atoms with E-state index >= 15 is 0 Å². The van der Waals surface area contributed by atoms with Gasteiger partial charge in [-0.15, -0.1) is 0 Å². The van der Waals surface area contributed by atoms with E-state index in [0.29, 0.717) is 13.0 Å². The minimum atomic E-state index is -1.36. The van der Waals surface area contributed by atoms with Gasteiger partial charge in [-0.3, -0.25) is 14.9 Å². The maximum absolute atomic E-state index is 11.1. The Morgan fingerprint density at radius 3 is 2.65 bits per heavy atom. The number of nitro groups is 1. The first-order valence-electron chi connectivity index (χ1n) is 5.96. The van der Waals surface area contributed by atoms with Crippen LogP contribution in [0.4, 0.5) is 11.4 Å². The molecule has 0 radical (unpaired) electrons. The van der Waals surface area contributed by atoms with E-state index in [-0.39, 0.29) is 23.7 Å². The van der Waals surface area contributed by atoms with Gasteiger partial charge in [-0.25, -0.2) is 4.79 Å². The van der Waals surface area contributed by atoms with E-state index < -0.39 is 22.5 Å². The maximum Gasteiger partial charge on any atom is 0.342 e. The number of nitrogens with zero attached hydrogens (tertiary/aromatic N) is 2. The average molecular weight is 279 g/mol. The third-order valence-corrected chi connectivity index (χ3v) is 3.36. The van der Waals surface area contributed by atoms with Crippen molar-refractivity contribution in [3.8, 4) is 0 Å². The predicted molar refractivity (Wildman–Crippen MR) is 69.6 cm³/mol. The molecule has 1 saturated heterocycles. The molecule has 0 saturated carbocycles. The van der Waals surface area contributed by atoms with E-state index in [2.05, 4.69) is 0 Å². The van der Waals surface area contributed by atoms with Crippen LogP contribution in [0.2, 0.25) is 0 Å². The summed E-state index contributed by atoms with van der Waals surface area (Å²) in [6.07, 6.45) is 0.504. The highest BCUT2D eigenvalue weighted by molar-refractivity contribution is 5.95. The highest BCUT2D eigenvalue weighted by Crippen LogP contribution is 2.34. The van der Waals surface area contributed by atoms with Crippen LogP contribution in [-0.4, -0.2) is 35.0 Å². The Bertz CT molecular complexity index is 586. The number of rotatable bonds is 4. The number of primary amides is 1. The van der Waals surface area contributed by atoms with Crippen molar-refractivity contribution in [2.45, 2.75) is 6.42 Å². The van der Waals surface area contributed by atoms with Crippen LogP contribution >= 0.6 is 0 Å². The molecule has 1 amide bonds. The van der Waals surface area contributed by atoms with Crippen molar-refractivity contribution in [1.29, 1.82) is 0 Å². The highest BCUT2D eigenvalue weighted by Gasteiger charge is 2.33. The van der Waals surface area contributed by atoms with Gasteiger partial charge in [0.25, 0.3) is 0 Å². The van der Waals surface area contributed by atoms with Crippen molar-refractivity contribution >= 4 is 23.3 Å². The number of carboxylic acid groups (broad SMARTS) is 1. The lowest BCUT2D eigenvalue weighted by molar-refractivity contribution is -0.384. The number of amides is 1. The SMILES string of the molecule is NC(=O)C1CCN(c2cccc(C(=O)O)c2[N+](=O)[O-])C1. The number of para-hydroxylation sites is 1. The second-order valence-corrected chi connectivity index (χ2v) is 4.57. The van der Waals surface area contributed by atoms with Gasteiger partial charge in [0.2, 0.25) is 5.91 Å². The lowest BCUT2D eigenvalue weighted by Crippen LogP contribution is -2.27. The van der Waals surface area contributed by atoms with Gasteiger partial charge in [0.1, 0.15) is 11.3 Å². The topological polar surface area (TPSA) is 127 Å². The van der Waals surface area contributed by atoms with E-state index in [1.165, 1.54) is 18.2 Å². The average Bonchev–Trinajstić information content (AvgIpc) is 2.87. The van der Waals surface area contributed by atoms with Gasteiger partial charge in [0, 0.05) is 13.1 Å². The van der Waals surface area contributed by atoms with Gasteiger partial charge >= 0.3 is 11.7 Å². The van der Waals surface area contributed by atoms with Crippen LogP contribution in [0.1, 0.15) is 16.8 Å². The zero-order valence-electron chi connectivity index (χ0n) is 10.5. The number of hydrogen-bond donors (Lipinski definition) is 2. The van der Waals surface area contributed by atoms with Gasteiger partial charge in [0.05, 0.1) is 10.8 Å². The molecule has 1 unspecified atom stereocenters. The molecule has 8 nitrogen and oxygen atoms in total. The number of carboxylic acids is 1. The minimum absolute atomic E-state index is 0.207. The maximum atomic E-state index is 11.1. The Balaban J connectivity index is 2.42. The first-order valence-corrected chi connectivity index (χ1v) is 5.96. The summed E-state index contributed by atoms with van der Waals surface area (Å²) in [4.78, 5) is 34.3. The van der Waals surface area contributed by atoms with Crippen LogP contribution in [0.25, 0.3) is 0 Å². The lowest BCUT2D eigenvalue weighted by atomic mass is 10.1. The summed E-state index contributed by atoms with van der Waals surface area (Å²) in [7, 11) is 0. The Labute approximate surface area is 113 Å². The van der Waals surface area contributed by atoms with E-state index in [4.69, 9.17) is 10.8 Å². The van der Waals surface area contributed by atoms with Crippen molar-refractivity contribution in [2.24, 2.45) is 11.7 Å². The third-order valence-electron chi connectivity index (χ3n) is 3.36. The molecule has 8 heteroatoms. The van der Waals surface area contributed by atoms with Crippen molar-refractivity contribution in [3.63, 3.8) is 0 Å². The molecule has 0 aromatic heterocycles. The summed E-state index contributed by atoms with van der Waals surface area (Å²) in [5.41, 5.74) is 4.61. The number of nitro benzene ring substituents is 1. The molecule has 0 bridgehead atoms. The molecule has 1 atom stereocenters. The van der Waals surface area contributed by atoms with Crippen LogP contribution in [-0.2, 0) is 4.79 Å². The minimum Gasteiger partial charge on any atom is -0.477 e. The molecule has 0 spiro atoms. The Hall–Kier alpha value is -2.64. The summed E-state index contributed by atoms with van der Waals surface area (Å²) in [5.74, 6) is -2.18. The van der Waals surface area contributed by atoms with Gasteiger partial charge in [-0.2, -0.15) is 0 Å². The Kier molecular flexibility index (Phi) is 3.55. The molecule has 1 aliphatic rings. The van der Waals surface area contributed by atoms with Crippen molar-refractivity contribution in [2.75, 3.05) is 18.0 Å². The molecular weight excluding hydrogens is 266 g/mol. The lowest BCUT2D eigenvalue weighted by Gasteiger charge is -2.18. The third kappa shape index (κ3) is 2.40. The smallest absolute Gasteiger partial charge is 0.342 e. The number of carbonyl (C=O) groups excluding carboxylic acids is 1. The standard InChI is InChI=1S/C12H13N3O5/c13-11(16)7-4-5-14(6-7)9-3-1-2-8(12(17)18)10(9)15(19)20/h1-3,7H,4-6H2,(H2,13,16)(H,17,18). The zero-order chi connectivity index (χ0) is 14.9. The van der Waals surface area contributed by atoms with Crippen LogP contribution in [0.3, 0.4) is 0 Å². The van der Waals surface area contributed by atoms with E-state index in [1.807, 2.05) is 0 Å². The van der Waals surface area contributed by atoms with E-state index in [1.54, 1.807) is 4.90 Å². The fraction of sp³-hybridized carbons (Fsp3) is 0.333. The Morgan fingerprint density at radius 2 is 2.15 bits per heavy atom. The van der Waals surface area contributed by atoms with Gasteiger partial charge < -0.3 is 15.7 Å². The zero-order valence-corrected chi connectivity index (χ0v) is 10.5. The summed E-state index contributed by atoms with van der Waals surface area (Å²) in [6.45, 7) is 0.691. The molecule has 1 aromatic carbocycles. The van der Waals surface area contributed by atoms with Crippen LogP contribution in [0.15, 0.2) is 18.2 Å². The molecule has 3 N–H and O–H groups in total. The predicted octanol–water partition coefficient (Wildman–Crippen LogP) is 0.605. The van der Waals surface area contributed by atoms with Gasteiger partial charge in [-0.05, 0) is 18.6 Å². The molecular formula is C12H13N3O5. The van der Waals surface area contributed by atoms with Crippen molar-refractivity contribution in [3.05, 3.63) is 33.9 Å². The van der Waals surface area contributed by atoms with Crippen LogP contribution in [0.5, 0.6) is 0 Å². The van der Waals surface area contributed by atoms with Gasteiger partial charge in [0.15, 0.2) is 0 Å². The van der Waals surface area contributed by atoms with Crippen LogP contribution < -0.4 is 10.6 Å². The van der Waals surface area contributed by atoms with Crippen molar-refractivity contribution in [1.82, 2.24) is 0 Å². The second-order valence-electron chi connectivity index (χ2n) is 4.57. The summed E-state index contributed by atoms with van der Waals surface area (Å²) < 4.78 is 0. The number of anilines is 1. The number of hydrogen-bond acceptors (Lipinski definition) is 5. The Morgan fingerprint density at radius 1 is 1.45 bits per heavy atom. The molecule has 0 aliphatic carbocycles. The molecule has 1 aliphatic heterocycles. The summed E-state index contributed by atoms with van der Waals surface area (Å²) >= 11 is 0. The molecule has 106 valence electrons. The van der Waals surface area contributed by atoms with E-state index in [9.17, 15) is 19.7 Å². The molecule has 1 fully saturated rings. The summed E-state index contributed by atoms with van der Waals surface area (Å²) in [5, 5.41) is 20.2. The fourth-order valence-corrected chi connectivity index (χ4v) is 2.36. The molecule has 1 aromatic rings. The molecule has 1 heterocycles. The second kappa shape index (κ2) is 5.16. The largest absolute Gasteiger partial charge is 0.477 e. The molecule has 20 heavy (non-hydrogen) atoms. The normalized spacial score (nSPS) is 18.0. The number of nitrogens with two attached hydrogens (primary N) is 1. The number of aromatic carboxylic acids is 1. The van der Waals surface area contributed by atoms with Crippen LogP contribution in [0, 0.1) is 16.0 Å². The van der Waals surface area contributed by atoms with Crippen molar-refractivity contribution < 1.29 is 19.6 Å². The summed E-state index contributed by atoms with van der Waals surface area (Å²) in [6, 6.07) is 4.11. The quantitative estimate of drug-likeness (QED) is 0.614. The monoisotopic (exact) mass is 279 g/mol. The highest BCUT2D eigenvalue weighted by atomic mass is 16.6. The fourth-order valence-electron chi connectivity index (χ4n) is 2.36. The first kappa shape index (κ1) is 13.8. The first-order chi connectivity index (χ1) is 9.41. The number of carbonyl (C=O) groups is 2. The van der Waals surface area contributed by atoms with E-state index in [0.717, 1.165) is 0 Å². The molecule has 2 rings (SSSR count). The number of benzene rings is 1.